The fourth-order valence-electron chi connectivity index (χ4n) is 2.25. The van der Waals surface area contributed by atoms with Gasteiger partial charge in [0.2, 0.25) is 5.88 Å². The van der Waals surface area contributed by atoms with Gasteiger partial charge in [-0.15, -0.1) is 0 Å². The highest BCUT2D eigenvalue weighted by molar-refractivity contribution is 5.75. The van der Waals surface area contributed by atoms with Gasteiger partial charge in [-0.3, -0.25) is 0 Å². The summed E-state index contributed by atoms with van der Waals surface area (Å²) in [6.07, 6.45) is 7.93. The summed E-state index contributed by atoms with van der Waals surface area (Å²) in [5.74, 6) is 0.242. The quantitative estimate of drug-likeness (QED) is 0.718. The molecule has 0 atom stereocenters. The van der Waals surface area contributed by atoms with Gasteiger partial charge in [0, 0.05) is 5.92 Å². The van der Waals surface area contributed by atoms with E-state index in [1.54, 1.807) is 17.1 Å². The molecular formula is C13H12N6O. The first-order valence-corrected chi connectivity index (χ1v) is 6.21. The highest BCUT2D eigenvalue weighted by atomic mass is 16.5. The van der Waals surface area contributed by atoms with E-state index in [0.29, 0.717) is 16.7 Å². The third-order valence-electron chi connectivity index (χ3n) is 3.34. The minimum atomic E-state index is -2.61. The van der Waals surface area contributed by atoms with E-state index in [4.69, 9.17) is 8.85 Å². The summed E-state index contributed by atoms with van der Waals surface area (Å²) in [4.78, 5) is 16.5. The first-order chi connectivity index (χ1) is 11.0. The minimum Gasteiger partial charge on any atom is -0.479 e. The maximum Gasteiger partial charge on any atom is 0.243 e. The van der Waals surface area contributed by atoms with E-state index in [2.05, 4.69) is 25.0 Å². The summed E-state index contributed by atoms with van der Waals surface area (Å²) < 4.78 is 28.6. The first-order valence-electron chi connectivity index (χ1n) is 7.71. The predicted octanol–water partition coefficient (Wildman–Crippen LogP) is 1.49. The molecule has 3 aromatic heterocycles. The Hall–Kier alpha value is -2.57. The number of rotatable bonds is 3. The molecule has 0 aliphatic heterocycles. The molecule has 1 aliphatic rings. The van der Waals surface area contributed by atoms with Crippen molar-refractivity contribution >= 4 is 11.0 Å². The van der Waals surface area contributed by atoms with Gasteiger partial charge in [-0.2, -0.15) is 10.1 Å². The fourth-order valence-corrected chi connectivity index (χ4v) is 2.25. The van der Waals surface area contributed by atoms with Crippen LogP contribution >= 0.6 is 0 Å². The molecule has 0 saturated heterocycles. The maximum atomic E-state index is 7.34. The smallest absolute Gasteiger partial charge is 0.243 e. The van der Waals surface area contributed by atoms with Crippen LogP contribution in [-0.4, -0.2) is 36.8 Å². The molecule has 0 spiro atoms. The molecule has 1 saturated carbocycles. The zero-order valence-corrected chi connectivity index (χ0v) is 10.4. The van der Waals surface area contributed by atoms with Crippen molar-refractivity contribution in [3.05, 3.63) is 30.7 Å². The number of nitrogens with zero attached hydrogens (tertiary/aromatic N) is 6. The highest BCUT2D eigenvalue weighted by Gasteiger charge is 2.31. The van der Waals surface area contributed by atoms with Crippen LogP contribution in [0.3, 0.4) is 0 Å². The van der Waals surface area contributed by atoms with E-state index in [1.165, 1.54) is 12.7 Å². The van der Waals surface area contributed by atoms with E-state index in [1.807, 2.05) is 0 Å². The van der Waals surface area contributed by atoms with Gasteiger partial charge in [0.05, 0.1) is 29.2 Å². The van der Waals surface area contributed by atoms with E-state index < -0.39 is 7.04 Å². The van der Waals surface area contributed by atoms with Gasteiger partial charge in [0.25, 0.3) is 0 Å². The summed E-state index contributed by atoms with van der Waals surface area (Å²) in [7, 11) is -2.61. The second-order valence-electron chi connectivity index (χ2n) is 4.64. The Kier molecular flexibility index (Phi) is 1.81. The lowest BCUT2D eigenvalue weighted by molar-refractivity contribution is 0.393. The van der Waals surface area contributed by atoms with E-state index >= 15 is 0 Å². The Bertz CT molecular complexity index is 874. The van der Waals surface area contributed by atoms with Gasteiger partial charge in [0.1, 0.15) is 29.4 Å². The lowest BCUT2D eigenvalue weighted by Crippen LogP contribution is -2.07. The lowest BCUT2D eigenvalue weighted by Gasteiger charge is -2.11. The van der Waals surface area contributed by atoms with Gasteiger partial charge in [-0.25, -0.2) is 19.6 Å². The second kappa shape index (κ2) is 4.22. The van der Waals surface area contributed by atoms with Crippen LogP contribution in [0, 0.1) is 0 Å². The SMILES string of the molecule is [2H]C([2H])([2H])Oc1ncnc(C2CC2)c1-n1ncc2ncncc21. The van der Waals surface area contributed by atoms with Crippen LogP contribution in [0.2, 0.25) is 0 Å². The molecule has 20 heavy (non-hydrogen) atoms. The van der Waals surface area contributed by atoms with E-state index in [-0.39, 0.29) is 11.8 Å². The van der Waals surface area contributed by atoms with Crippen molar-refractivity contribution in [1.82, 2.24) is 29.7 Å². The van der Waals surface area contributed by atoms with Gasteiger partial charge in [0.15, 0.2) is 0 Å². The zero-order valence-electron chi connectivity index (χ0n) is 13.4. The van der Waals surface area contributed by atoms with Crippen LogP contribution < -0.4 is 4.74 Å². The average Bonchev–Trinajstić information content (AvgIpc) is 3.26. The molecule has 0 unspecified atom stereocenters. The van der Waals surface area contributed by atoms with Crippen LogP contribution in [0.4, 0.5) is 0 Å². The summed E-state index contributed by atoms with van der Waals surface area (Å²) in [6, 6.07) is 0. The van der Waals surface area contributed by atoms with Crippen molar-refractivity contribution < 1.29 is 8.85 Å². The van der Waals surface area contributed by atoms with Crippen molar-refractivity contribution in [2.45, 2.75) is 18.8 Å². The molecule has 0 bridgehead atoms. The molecule has 7 nitrogen and oxygen atoms in total. The van der Waals surface area contributed by atoms with Crippen molar-refractivity contribution in [1.29, 1.82) is 0 Å². The molecule has 0 aromatic carbocycles. The summed E-state index contributed by atoms with van der Waals surface area (Å²) in [5, 5.41) is 4.30. The van der Waals surface area contributed by atoms with Crippen molar-refractivity contribution in [2.24, 2.45) is 0 Å². The Morgan fingerprint density at radius 3 is 3.05 bits per heavy atom. The fraction of sp³-hybridized carbons (Fsp3) is 0.308. The summed E-state index contributed by atoms with van der Waals surface area (Å²) >= 11 is 0. The van der Waals surface area contributed by atoms with Crippen LogP contribution in [0.15, 0.2) is 25.0 Å². The number of hydrogen-bond acceptors (Lipinski definition) is 6. The summed E-state index contributed by atoms with van der Waals surface area (Å²) in [6.45, 7) is 0. The average molecular weight is 271 g/mol. The van der Waals surface area contributed by atoms with E-state index in [0.717, 1.165) is 18.5 Å². The molecule has 4 rings (SSSR count). The van der Waals surface area contributed by atoms with E-state index in [9.17, 15) is 0 Å². The largest absolute Gasteiger partial charge is 0.479 e. The zero-order chi connectivity index (χ0) is 16.0. The number of aromatic nitrogens is 6. The van der Waals surface area contributed by atoms with Crippen LogP contribution in [0.5, 0.6) is 5.88 Å². The van der Waals surface area contributed by atoms with Crippen molar-refractivity contribution in [3.63, 3.8) is 0 Å². The second-order valence-corrected chi connectivity index (χ2v) is 4.64. The standard InChI is InChI=1S/C13H12N6O/c1-20-13-12(11(8-2-3-8)16-7-17-13)19-10-5-14-6-15-9(10)4-18-19/h4-8H,2-3H2,1H3/i1D3. The van der Waals surface area contributed by atoms with Gasteiger partial charge in [-0.1, -0.05) is 0 Å². The third-order valence-corrected chi connectivity index (χ3v) is 3.34. The monoisotopic (exact) mass is 271 g/mol. The lowest BCUT2D eigenvalue weighted by atomic mass is 10.2. The van der Waals surface area contributed by atoms with Crippen molar-refractivity contribution in [3.8, 4) is 11.6 Å². The molecule has 0 radical (unpaired) electrons. The normalized spacial score (nSPS) is 17.5. The molecule has 7 heteroatoms. The number of ether oxygens (including phenoxy) is 1. The number of hydrogen-bond donors (Lipinski definition) is 0. The highest BCUT2D eigenvalue weighted by Crippen LogP contribution is 2.43. The van der Waals surface area contributed by atoms with Gasteiger partial charge in [-0.05, 0) is 12.8 Å². The van der Waals surface area contributed by atoms with Crippen LogP contribution in [0.1, 0.15) is 28.6 Å². The Labute approximate surface area is 118 Å². The molecule has 1 aliphatic carbocycles. The topological polar surface area (TPSA) is 78.6 Å². The summed E-state index contributed by atoms with van der Waals surface area (Å²) in [5.41, 5.74) is 2.45. The molecule has 100 valence electrons. The van der Waals surface area contributed by atoms with Gasteiger partial charge >= 0.3 is 0 Å². The van der Waals surface area contributed by atoms with Gasteiger partial charge < -0.3 is 4.74 Å². The molecule has 1 fully saturated rings. The van der Waals surface area contributed by atoms with Crippen molar-refractivity contribution in [2.75, 3.05) is 7.04 Å². The first kappa shape index (κ1) is 8.57. The Morgan fingerprint density at radius 1 is 1.25 bits per heavy atom. The number of fused-ring (bicyclic) bond motifs is 1. The minimum absolute atomic E-state index is 0.0178. The Balaban J connectivity index is 1.95. The van der Waals surface area contributed by atoms with Crippen LogP contribution in [-0.2, 0) is 0 Å². The Morgan fingerprint density at radius 2 is 2.20 bits per heavy atom. The molecule has 0 amide bonds. The third kappa shape index (κ3) is 1.63. The molecular weight excluding hydrogens is 256 g/mol. The maximum absolute atomic E-state index is 7.34. The predicted molar refractivity (Wildman–Crippen MR) is 70.8 cm³/mol. The number of methoxy groups -OCH3 is 1. The van der Waals surface area contributed by atoms with Crippen LogP contribution in [0.25, 0.3) is 16.7 Å². The molecule has 3 aromatic rings. The molecule has 0 N–H and O–H groups in total. The molecule has 3 heterocycles.